The molecule has 0 bridgehead atoms. The lowest BCUT2D eigenvalue weighted by Gasteiger charge is -1.98. The van der Waals surface area contributed by atoms with Gasteiger partial charge in [-0.15, -0.1) is 0 Å². The van der Waals surface area contributed by atoms with E-state index in [2.05, 4.69) is 15.0 Å². The predicted octanol–water partition coefficient (Wildman–Crippen LogP) is 2.73. The molecule has 4 heteroatoms. The topological polar surface area (TPSA) is 54.7 Å². The maximum atomic E-state index is 5.22. The minimum Gasteiger partial charge on any atom is -0.471 e. The van der Waals surface area contributed by atoms with Gasteiger partial charge in [0.15, 0.2) is 5.82 Å². The van der Waals surface area contributed by atoms with Crippen LogP contribution in [0.4, 0.5) is 0 Å². The number of H-pyrrole nitrogens is 1. The van der Waals surface area contributed by atoms with Crippen LogP contribution in [0.3, 0.4) is 0 Å². The zero-order chi connectivity index (χ0) is 10.8. The maximum Gasteiger partial charge on any atom is 0.163 e. The van der Waals surface area contributed by atoms with Crippen LogP contribution in [0.1, 0.15) is 0 Å². The number of rotatable bonds is 2. The molecule has 0 spiro atoms. The first-order valence-corrected chi connectivity index (χ1v) is 4.92. The molecule has 0 fully saturated rings. The van der Waals surface area contributed by atoms with Gasteiger partial charge in [-0.2, -0.15) is 0 Å². The molecule has 78 valence electrons. The summed E-state index contributed by atoms with van der Waals surface area (Å²) in [6.45, 7) is 0. The number of aromatic amines is 1. The number of hydrogen-bond acceptors (Lipinski definition) is 3. The standard InChI is InChI=1S/C12H9N3O/c1-3-11(13-4-1)9-7-16-8-10(9)12-14-5-2-6-15-12/h1-8,13H. The van der Waals surface area contributed by atoms with Gasteiger partial charge in [-0.3, -0.25) is 0 Å². The number of hydrogen-bond donors (Lipinski definition) is 1. The van der Waals surface area contributed by atoms with Crippen molar-refractivity contribution >= 4 is 0 Å². The molecule has 0 atom stereocenters. The van der Waals surface area contributed by atoms with Gasteiger partial charge in [0, 0.05) is 29.8 Å². The highest BCUT2D eigenvalue weighted by atomic mass is 16.3. The first-order chi connectivity index (χ1) is 7.95. The molecule has 1 N–H and O–H groups in total. The van der Waals surface area contributed by atoms with E-state index in [9.17, 15) is 0 Å². The lowest BCUT2D eigenvalue weighted by Crippen LogP contribution is -1.87. The smallest absolute Gasteiger partial charge is 0.163 e. The van der Waals surface area contributed by atoms with Crippen LogP contribution in [0.15, 0.2) is 53.7 Å². The van der Waals surface area contributed by atoms with Crippen LogP contribution in [0.5, 0.6) is 0 Å². The monoisotopic (exact) mass is 211 g/mol. The summed E-state index contributed by atoms with van der Waals surface area (Å²) < 4.78 is 5.22. The van der Waals surface area contributed by atoms with Gasteiger partial charge in [0.25, 0.3) is 0 Å². The van der Waals surface area contributed by atoms with Crippen molar-refractivity contribution in [3.05, 3.63) is 49.3 Å². The third-order valence-electron chi connectivity index (χ3n) is 2.36. The van der Waals surface area contributed by atoms with Crippen LogP contribution < -0.4 is 0 Å². The summed E-state index contributed by atoms with van der Waals surface area (Å²) in [5.74, 6) is 0.667. The largest absolute Gasteiger partial charge is 0.471 e. The Morgan fingerprint density at radius 3 is 2.56 bits per heavy atom. The summed E-state index contributed by atoms with van der Waals surface area (Å²) in [6, 6.07) is 5.72. The summed E-state index contributed by atoms with van der Waals surface area (Å²) in [5.41, 5.74) is 2.86. The minimum atomic E-state index is 0.667. The Kier molecular flexibility index (Phi) is 2.04. The van der Waals surface area contributed by atoms with E-state index in [0.29, 0.717) is 5.82 Å². The van der Waals surface area contributed by atoms with Crippen LogP contribution in [0, 0.1) is 0 Å². The number of nitrogens with zero attached hydrogens (tertiary/aromatic N) is 2. The highest BCUT2D eigenvalue weighted by molar-refractivity contribution is 5.77. The summed E-state index contributed by atoms with van der Waals surface area (Å²) in [4.78, 5) is 11.5. The molecule has 0 radical (unpaired) electrons. The molecule has 3 aromatic heterocycles. The third-order valence-corrected chi connectivity index (χ3v) is 2.36. The molecule has 3 aromatic rings. The SMILES string of the molecule is c1cnc(-c2cocc2-c2ccc[nH]2)nc1. The van der Waals surface area contributed by atoms with E-state index in [1.807, 2.05) is 18.3 Å². The molecule has 0 amide bonds. The van der Waals surface area contributed by atoms with E-state index in [0.717, 1.165) is 16.8 Å². The lowest BCUT2D eigenvalue weighted by atomic mass is 10.1. The summed E-state index contributed by atoms with van der Waals surface area (Å²) in [6.07, 6.45) is 8.66. The fraction of sp³-hybridized carbons (Fsp3) is 0. The van der Waals surface area contributed by atoms with E-state index in [-0.39, 0.29) is 0 Å². The van der Waals surface area contributed by atoms with Gasteiger partial charge >= 0.3 is 0 Å². The Hall–Kier alpha value is -2.36. The normalized spacial score (nSPS) is 10.5. The molecule has 4 nitrogen and oxygen atoms in total. The molecular weight excluding hydrogens is 202 g/mol. The average Bonchev–Trinajstić information content (AvgIpc) is 3.01. The summed E-state index contributed by atoms with van der Waals surface area (Å²) in [7, 11) is 0. The third kappa shape index (κ3) is 1.40. The van der Waals surface area contributed by atoms with Crippen molar-refractivity contribution < 1.29 is 4.42 Å². The second-order valence-corrected chi connectivity index (χ2v) is 3.36. The molecular formula is C12H9N3O. The molecule has 0 saturated heterocycles. The molecule has 3 heterocycles. The van der Waals surface area contributed by atoms with Crippen LogP contribution >= 0.6 is 0 Å². The average molecular weight is 211 g/mol. The van der Waals surface area contributed by atoms with Gasteiger partial charge in [-0.1, -0.05) is 0 Å². The van der Waals surface area contributed by atoms with Crippen molar-refractivity contribution in [3.8, 4) is 22.6 Å². The molecule has 0 aliphatic heterocycles. The minimum absolute atomic E-state index is 0.667. The van der Waals surface area contributed by atoms with Gasteiger partial charge in [0.1, 0.15) is 12.5 Å². The van der Waals surface area contributed by atoms with E-state index in [1.54, 1.807) is 31.0 Å². The van der Waals surface area contributed by atoms with Gasteiger partial charge in [-0.05, 0) is 18.2 Å². The summed E-state index contributed by atoms with van der Waals surface area (Å²) >= 11 is 0. The highest BCUT2D eigenvalue weighted by Gasteiger charge is 2.12. The fourth-order valence-corrected chi connectivity index (χ4v) is 1.61. The lowest BCUT2D eigenvalue weighted by molar-refractivity contribution is 0.568. The Bertz CT molecular complexity index is 569. The van der Waals surface area contributed by atoms with Crippen molar-refractivity contribution in [1.29, 1.82) is 0 Å². The van der Waals surface area contributed by atoms with Crippen molar-refractivity contribution in [2.45, 2.75) is 0 Å². The second kappa shape index (κ2) is 3.66. The number of nitrogens with one attached hydrogen (secondary N) is 1. The van der Waals surface area contributed by atoms with E-state index < -0.39 is 0 Å². The van der Waals surface area contributed by atoms with Crippen LogP contribution in [-0.4, -0.2) is 15.0 Å². The summed E-state index contributed by atoms with van der Waals surface area (Å²) in [5, 5.41) is 0. The van der Waals surface area contributed by atoms with Crippen LogP contribution in [0.2, 0.25) is 0 Å². The van der Waals surface area contributed by atoms with E-state index in [4.69, 9.17) is 4.42 Å². The zero-order valence-electron chi connectivity index (χ0n) is 8.42. The van der Waals surface area contributed by atoms with Crippen LogP contribution in [0.25, 0.3) is 22.6 Å². The van der Waals surface area contributed by atoms with Crippen molar-refractivity contribution in [3.63, 3.8) is 0 Å². The van der Waals surface area contributed by atoms with Crippen molar-refractivity contribution in [2.24, 2.45) is 0 Å². The van der Waals surface area contributed by atoms with Gasteiger partial charge in [0.05, 0.1) is 5.56 Å². The van der Waals surface area contributed by atoms with Crippen molar-refractivity contribution in [2.75, 3.05) is 0 Å². The Morgan fingerprint density at radius 2 is 1.81 bits per heavy atom. The molecule has 0 aliphatic carbocycles. The first-order valence-electron chi connectivity index (χ1n) is 4.92. The molecule has 0 unspecified atom stereocenters. The van der Waals surface area contributed by atoms with Crippen molar-refractivity contribution in [1.82, 2.24) is 15.0 Å². The Morgan fingerprint density at radius 1 is 1.00 bits per heavy atom. The fourth-order valence-electron chi connectivity index (χ4n) is 1.61. The molecule has 16 heavy (non-hydrogen) atoms. The predicted molar refractivity (Wildman–Crippen MR) is 59.5 cm³/mol. The quantitative estimate of drug-likeness (QED) is 0.709. The number of aromatic nitrogens is 3. The zero-order valence-corrected chi connectivity index (χ0v) is 8.42. The van der Waals surface area contributed by atoms with Gasteiger partial charge in [-0.25, -0.2) is 9.97 Å². The van der Waals surface area contributed by atoms with Gasteiger partial charge < -0.3 is 9.40 Å². The second-order valence-electron chi connectivity index (χ2n) is 3.36. The molecule has 3 rings (SSSR count). The van der Waals surface area contributed by atoms with E-state index >= 15 is 0 Å². The molecule has 0 aliphatic rings. The van der Waals surface area contributed by atoms with Gasteiger partial charge in [0.2, 0.25) is 0 Å². The number of furan rings is 1. The first kappa shape index (κ1) is 8.91. The van der Waals surface area contributed by atoms with E-state index in [1.165, 1.54) is 0 Å². The molecule has 0 saturated carbocycles. The highest BCUT2D eigenvalue weighted by Crippen LogP contribution is 2.29. The Labute approximate surface area is 92.0 Å². The Balaban J connectivity index is 2.14. The maximum absolute atomic E-state index is 5.22. The molecule has 0 aromatic carbocycles. The van der Waals surface area contributed by atoms with Crippen LogP contribution in [-0.2, 0) is 0 Å².